The van der Waals surface area contributed by atoms with Gasteiger partial charge in [-0.2, -0.15) is 5.26 Å². The van der Waals surface area contributed by atoms with Gasteiger partial charge in [0.1, 0.15) is 11.6 Å². The Morgan fingerprint density at radius 2 is 1.81 bits per heavy atom. The quantitative estimate of drug-likeness (QED) is 0.207. The number of hydrogen-bond donors (Lipinski definition) is 1. The van der Waals surface area contributed by atoms with E-state index in [1.807, 2.05) is 37.3 Å². The summed E-state index contributed by atoms with van der Waals surface area (Å²) in [6, 6.07) is 20.5. The zero-order chi connectivity index (χ0) is 22.4. The molecule has 0 radical (unpaired) electrons. The van der Waals surface area contributed by atoms with Gasteiger partial charge in [0.2, 0.25) is 0 Å². The summed E-state index contributed by atoms with van der Waals surface area (Å²) in [5.74, 6) is -0.620. The third-order valence-corrected chi connectivity index (χ3v) is 5.53. The highest BCUT2D eigenvalue weighted by Crippen LogP contribution is 2.35. The molecule has 0 fully saturated rings. The van der Waals surface area contributed by atoms with E-state index >= 15 is 0 Å². The van der Waals surface area contributed by atoms with E-state index in [1.165, 1.54) is 23.9 Å². The number of nitro groups is 1. The maximum Gasteiger partial charge on any atom is 0.283 e. The first-order valence-electron chi connectivity index (χ1n) is 9.07. The second-order valence-electron chi connectivity index (χ2n) is 6.53. The Morgan fingerprint density at radius 1 is 1.13 bits per heavy atom. The number of hydrogen-bond acceptors (Lipinski definition) is 5. The lowest BCUT2D eigenvalue weighted by Gasteiger charge is -2.06. The van der Waals surface area contributed by atoms with Crippen LogP contribution in [0.5, 0.6) is 0 Å². The van der Waals surface area contributed by atoms with Gasteiger partial charge in [-0.3, -0.25) is 14.9 Å². The minimum absolute atomic E-state index is 0.102. The van der Waals surface area contributed by atoms with Crippen LogP contribution in [0.15, 0.2) is 82.1 Å². The Bertz CT molecular complexity index is 1200. The number of amides is 1. The molecule has 8 heteroatoms. The summed E-state index contributed by atoms with van der Waals surface area (Å²) in [7, 11) is 0. The molecule has 3 rings (SSSR count). The smallest absolute Gasteiger partial charge is 0.283 e. The van der Waals surface area contributed by atoms with Gasteiger partial charge in [-0.05, 0) is 61.0 Å². The lowest BCUT2D eigenvalue weighted by Crippen LogP contribution is -2.13. The monoisotopic (exact) mass is 449 g/mol. The fourth-order valence-corrected chi connectivity index (χ4v) is 3.66. The van der Waals surface area contributed by atoms with E-state index < -0.39 is 10.8 Å². The molecule has 0 heterocycles. The predicted octanol–water partition coefficient (Wildman–Crippen LogP) is 6.25. The van der Waals surface area contributed by atoms with Gasteiger partial charge in [-0.25, -0.2) is 0 Å². The lowest BCUT2D eigenvalue weighted by atomic mass is 10.1. The van der Waals surface area contributed by atoms with E-state index in [1.54, 1.807) is 36.4 Å². The predicted molar refractivity (Wildman–Crippen MR) is 122 cm³/mol. The van der Waals surface area contributed by atoms with Crippen LogP contribution in [-0.2, 0) is 4.79 Å². The van der Waals surface area contributed by atoms with Crippen molar-refractivity contribution in [2.75, 3.05) is 5.32 Å². The summed E-state index contributed by atoms with van der Waals surface area (Å²) in [4.78, 5) is 24.9. The van der Waals surface area contributed by atoms with Gasteiger partial charge in [-0.1, -0.05) is 47.1 Å². The first kappa shape index (κ1) is 22.1. The molecule has 0 unspecified atom stereocenters. The van der Waals surface area contributed by atoms with Crippen molar-refractivity contribution in [3.8, 4) is 6.07 Å². The number of halogens is 1. The number of nitrogens with one attached hydrogen (secondary N) is 1. The summed E-state index contributed by atoms with van der Waals surface area (Å²) in [6.45, 7) is 1.97. The molecular formula is C23H16ClN3O3S. The maximum absolute atomic E-state index is 12.4. The van der Waals surface area contributed by atoms with Gasteiger partial charge >= 0.3 is 0 Å². The van der Waals surface area contributed by atoms with Gasteiger partial charge in [-0.15, -0.1) is 0 Å². The fraction of sp³-hybridized carbons (Fsp3) is 0.0435. The number of nitrogens with zero attached hydrogens (tertiary/aromatic N) is 2. The number of benzene rings is 3. The fourth-order valence-electron chi connectivity index (χ4n) is 2.63. The number of aryl methyl sites for hydroxylation is 1. The molecule has 0 spiro atoms. The van der Waals surface area contributed by atoms with Crippen LogP contribution in [0.25, 0.3) is 6.08 Å². The van der Waals surface area contributed by atoms with E-state index in [0.29, 0.717) is 21.2 Å². The molecular weight excluding hydrogens is 434 g/mol. The van der Waals surface area contributed by atoms with Gasteiger partial charge in [0.25, 0.3) is 11.6 Å². The molecule has 0 saturated heterocycles. The molecule has 6 nitrogen and oxygen atoms in total. The Labute approximate surface area is 188 Å². The van der Waals surface area contributed by atoms with Crippen LogP contribution >= 0.6 is 23.4 Å². The summed E-state index contributed by atoms with van der Waals surface area (Å²) in [6.07, 6.45) is 1.32. The molecule has 1 amide bonds. The van der Waals surface area contributed by atoms with Crippen LogP contribution in [0.4, 0.5) is 11.4 Å². The number of nitro benzene ring substituents is 1. The van der Waals surface area contributed by atoms with Gasteiger partial charge in [0.05, 0.1) is 9.82 Å². The molecule has 0 aromatic heterocycles. The maximum atomic E-state index is 12.4. The molecule has 3 aromatic rings. The topological polar surface area (TPSA) is 96.0 Å². The number of nitriles is 1. The molecule has 0 saturated carbocycles. The van der Waals surface area contributed by atoms with Crippen LogP contribution in [-0.4, -0.2) is 10.8 Å². The first-order chi connectivity index (χ1) is 14.9. The summed E-state index contributed by atoms with van der Waals surface area (Å²) in [5, 5.41) is 24.1. The Balaban J connectivity index is 1.85. The summed E-state index contributed by atoms with van der Waals surface area (Å²) >= 11 is 7.10. The molecule has 3 aromatic carbocycles. The van der Waals surface area contributed by atoms with Gasteiger partial charge < -0.3 is 5.32 Å². The van der Waals surface area contributed by atoms with Gasteiger partial charge in [0.15, 0.2) is 0 Å². The van der Waals surface area contributed by atoms with Crippen molar-refractivity contribution in [3.63, 3.8) is 0 Å². The van der Waals surface area contributed by atoms with E-state index in [2.05, 4.69) is 5.32 Å². The van der Waals surface area contributed by atoms with E-state index in [0.717, 1.165) is 10.5 Å². The van der Waals surface area contributed by atoms with Gasteiger partial charge in [0, 0.05) is 21.7 Å². The minimum atomic E-state index is -0.620. The van der Waals surface area contributed by atoms with Crippen LogP contribution in [0, 0.1) is 28.4 Å². The molecule has 0 aliphatic carbocycles. The third-order valence-electron chi connectivity index (χ3n) is 4.21. The largest absolute Gasteiger partial charge is 0.321 e. The lowest BCUT2D eigenvalue weighted by molar-refractivity contribution is -0.387. The highest BCUT2D eigenvalue weighted by Gasteiger charge is 2.17. The van der Waals surface area contributed by atoms with Crippen LogP contribution in [0.3, 0.4) is 0 Å². The Kier molecular flexibility index (Phi) is 7.08. The Hall–Kier alpha value is -3.60. The van der Waals surface area contributed by atoms with Crippen LogP contribution < -0.4 is 5.32 Å². The number of carbonyl (C=O) groups excluding carboxylic acids is 1. The van der Waals surface area contributed by atoms with Crippen molar-refractivity contribution in [1.29, 1.82) is 5.26 Å². The second-order valence-corrected chi connectivity index (χ2v) is 8.08. The van der Waals surface area contributed by atoms with Crippen molar-refractivity contribution in [3.05, 3.63) is 98.6 Å². The third kappa shape index (κ3) is 5.95. The average Bonchev–Trinajstić information content (AvgIpc) is 2.75. The molecule has 0 bridgehead atoms. The van der Waals surface area contributed by atoms with Crippen molar-refractivity contribution in [1.82, 2.24) is 0 Å². The van der Waals surface area contributed by atoms with Crippen molar-refractivity contribution in [2.45, 2.75) is 16.7 Å². The zero-order valence-corrected chi connectivity index (χ0v) is 17.9. The van der Waals surface area contributed by atoms with Crippen LogP contribution in [0.2, 0.25) is 5.02 Å². The second kappa shape index (κ2) is 9.94. The van der Waals surface area contributed by atoms with Crippen molar-refractivity contribution in [2.24, 2.45) is 0 Å². The minimum Gasteiger partial charge on any atom is -0.321 e. The number of anilines is 1. The highest BCUT2D eigenvalue weighted by molar-refractivity contribution is 7.99. The molecule has 0 aliphatic heterocycles. The normalized spacial score (nSPS) is 10.9. The molecule has 1 N–H and O–H groups in total. The first-order valence-corrected chi connectivity index (χ1v) is 10.3. The van der Waals surface area contributed by atoms with Crippen LogP contribution in [0.1, 0.15) is 11.1 Å². The average molecular weight is 450 g/mol. The Morgan fingerprint density at radius 3 is 2.42 bits per heavy atom. The summed E-state index contributed by atoms with van der Waals surface area (Å²) < 4.78 is 0. The van der Waals surface area contributed by atoms with Crippen molar-refractivity contribution >= 4 is 46.7 Å². The highest BCUT2D eigenvalue weighted by atomic mass is 35.5. The SMILES string of the molecule is Cc1ccc(Sc2ccc(/C=C(/C#N)C(=O)Nc3ccc(Cl)cc3)cc2[N+](=O)[O-])cc1. The van der Waals surface area contributed by atoms with E-state index in [4.69, 9.17) is 11.6 Å². The van der Waals surface area contributed by atoms with Crippen molar-refractivity contribution < 1.29 is 9.72 Å². The molecule has 0 atom stereocenters. The standard InChI is InChI=1S/C23H16ClN3O3S/c1-15-2-9-20(10-3-15)31-22-11-4-16(13-21(22)27(29)30)12-17(14-25)23(28)26-19-7-5-18(24)6-8-19/h2-13H,1H3,(H,26,28)/b17-12-. The molecule has 154 valence electrons. The molecule has 0 aliphatic rings. The summed E-state index contributed by atoms with van der Waals surface area (Å²) in [5.41, 5.74) is 1.67. The number of rotatable bonds is 6. The zero-order valence-electron chi connectivity index (χ0n) is 16.3. The van der Waals surface area contributed by atoms with E-state index in [9.17, 15) is 20.2 Å². The number of carbonyl (C=O) groups is 1. The van der Waals surface area contributed by atoms with E-state index in [-0.39, 0.29) is 11.3 Å². The molecule has 31 heavy (non-hydrogen) atoms.